The minimum absolute atomic E-state index is 0.0530. The number of carbonyl (C=O) groups excluding carboxylic acids is 1. The van der Waals surface area contributed by atoms with Crippen molar-refractivity contribution in [2.24, 2.45) is 11.8 Å². The first kappa shape index (κ1) is 17.8. The number of methoxy groups -OCH3 is 1. The van der Waals surface area contributed by atoms with Gasteiger partial charge in [0, 0.05) is 32.4 Å². The number of aliphatic hydroxyl groups excluding tert-OH is 1. The van der Waals surface area contributed by atoms with Crippen molar-refractivity contribution in [2.75, 3.05) is 40.0 Å². The number of aliphatic hydroxyl groups is 1. The number of rotatable bonds is 7. The van der Waals surface area contributed by atoms with Gasteiger partial charge in [0.2, 0.25) is 0 Å². The van der Waals surface area contributed by atoms with E-state index in [2.05, 4.69) is 6.92 Å². The minimum atomic E-state index is 0.0530. The summed E-state index contributed by atoms with van der Waals surface area (Å²) < 4.78 is 10.5. The standard InChI is InChI=1S/C18H27NO4/c1-14(13-20)15-6-8-19(9-7-15)18(21)16-4-3-5-17(12-16)23-11-10-22-2/h3-5,12,14-15,20H,6-11,13H2,1-2H3. The van der Waals surface area contributed by atoms with E-state index in [1.807, 2.05) is 23.1 Å². The summed E-state index contributed by atoms with van der Waals surface area (Å²) in [6.45, 7) is 4.79. The van der Waals surface area contributed by atoms with Crippen molar-refractivity contribution in [3.8, 4) is 5.75 Å². The molecule has 1 saturated heterocycles. The van der Waals surface area contributed by atoms with Crippen molar-refractivity contribution in [3.63, 3.8) is 0 Å². The first-order chi connectivity index (χ1) is 11.2. The monoisotopic (exact) mass is 321 g/mol. The smallest absolute Gasteiger partial charge is 0.253 e. The summed E-state index contributed by atoms with van der Waals surface area (Å²) in [5, 5.41) is 9.26. The second kappa shape index (κ2) is 8.89. The van der Waals surface area contributed by atoms with Crippen LogP contribution in [0.3, 0.4) is 0 Å². The van der Waals surface area contributed by atoms with E-state index in [0.717, 1.165) is 25.9 Å². The van der Waals surface area contributed by atoms with Crippen molar-refractivity contribution in [1.82, 2.24) is 4.90 Å². The first-order valence-electron chi connectivity index (χ1n) is 8.27. The lowest BCUT2D eigenvalue weighted by molar-refractivity contribution is 0.0632. The van der Waals surface area contributed by atoms with Gasteiger partial charge in [0.1, 0.15) is 12.4 Å². The van der Waals surface area contributed by atoms with Crippen molar-refractivity contribution >= 4 is 5.91 Å². The average Bonchev–Trinajstić information content (AvgIpc) is 2.61. The summed E-state index contributed by atoms with van der Waals surface area (Å²) in [6, 6.07) is 7.31. The molecule has 1 heterocycles. The highest BCUT2D eigenvalue weighted by Crippen LogP contribution is 2.26. The van der Waals surface area contributed by atoms with Crippen LogP contribution >= 0.6 is 0 Å². The summed E-state index contributed by atoms with van der Waals surface area (Å²) in [5.74, 6) is 1.56. The molecule has 0 aliphatic carbocycles. The Morgan fingerprint density at radius 1 is 1.35 bits per heavy atom. The molecule has 0 bridgehead atoms. The summed E-state index contributed by atoms with van der Waals surface area (Å²) in [5.41, 5.74) is 0.661. The van der Waals surface area contributed by atoms with Crippen LogP contribution in [0.15, 0.2) is 24.3 Å². The lowest BCUT2D eigenvalue weighted by Gasteiger charge is -2.34. The molecule has 0 saturated carbocycles. The highest BCUT2D eigenvalue weighted by molar-refractivity contribution is 5.94. The molecule has 128 valence electrons. The fourth-order valence-corrected chi connectivity index (χ4v) is 2.96. The van der Waals surface area contributed by atoms with E-state index in [1.54, 1.807) is 13.2 Å². The van der Waals surface area contributed by atoms with E-state index >= 15 is 0 Å². The highest BCUT2D eigenvalue weighted by Gasteiger charge is 2.26. The molecule has 1 aliphatic rings. The number of hydrogen-bond donors (Lipinski definition) is 1. The Kier molecular flexibility index (Phi) is 6.86. The molecule has 2 rings (SSSR count). The van der Waals surface area contributed by atoms with Crippen LogP contribution in [0.4, 0.5) is 0 Å². The molecule has 1 atom stereocenters. The molecular formula is C18H27NO4. The molecule has 1 aliphatic heterocycles. The van der Waals surface area contributed by atoms with Gasteiger partial charge in [0.25, 0.3) is 5.91 Å². The van der Waals surface area contributed by atoms with E-state index in [0.29, 0.717) is 36.4 Å². The van der Waals surface area contributed by atoms with Crippen LogP contribution in [-0.2, 0) is 4.74 Å². The third kappa shape index (κ3) is 4.94. The van der Waals surface area contributed by atoms with Gasteiger partial charge in [-0.15, -0.1) is 0 Å². The fraction of sp³-hybridized carbons (Fsp3) is 0.611. The van der Waals surface area contributed by atoms with E-state index in [9.17, 15) is 9.90 Å². The SMILES string of the molecule is COCCOc1cccc(C(=O)N2CCC(C(C)CO)CC2)c1. The van der Waals surface area contributed by atoms with Crippen molar-refractivity contribution in [2.45, 2.75) is 19.8 Å². The Labute approximate surface area is 138 Å². The molecule has 5 heteroatoms. The molecule has 0 aromatic heterocycles. The van der Waals surface area contributed by atoms with Crippen LogP contribution in [0.5, 0.6) is 5.75 Å². The van der Waals surface area contributed by atoms with E-state index in [-0.39, 0.29) is 12.5 Å². The molecule has 1 aromatic rings. The van der Waals surface area contributed by atoms with Gasteiger partial charge in [0.05, 0.1) is 6.61 Å². The summed E-state index contributed by atoms with van der Waals surface area (Å²) in [4.78, 5) is 14.5. The van der Waals surface area contributed by atoms with Crippen LogP contribution in [0.1, 0.15) is 30.1 Å². The van der Waals surface area contributed by atoms with Gasteiger partial charge in [-0.25, -0.2) is 0 Å². The zero-order chi connectivity index (χ0) is 16.7. The van der Waals surface area contributed by atoms with Gasteiger partial charge in [-0.3, -0.25) is 4.79 Å². The molecule has 1 amide bonds. The van der Waals surface area contributed by atoms with E-state index in [4.69, 9.17) is 9.47 Å². The molecule has 1 unspecified atom stereocenters. The lowest BCUT2D eigenvalue weighted by atomic mass is 9.86. The molecule has 0 spiro atoms. The second-order valence-electron chi connectivity index (χ2n) is 6.16. The third-order valence-electron chi connectivity index (χ3n) is 4.56. The van der Waals surface area contributed by atoms with Crippen LogP contribution in [0, 0.1) is 11.8 Å². The van der Waals surface area contributed by atoms with Crippen molar-refractivity contribution < 1.29 is 19.4 Å². The normalized spacial score (nSPS) is 17.1. The Hall–Kier alpha value is -1.59. The number of carbonyl (C=O) groups is 1. The van der Waals surface area contributed by atoms with Crippen molar-refractivity contribution in [3.05, 3.63) is 29.8 Å². The van der Waals surface area contributed by atoms with Crippen LogP contribution in [0.2, 0.25) is 0 Å². The van der Waals surface area contributed by atoms with Gasteiger partial charge in [0.15, 0.2) is 0 Å². The molecule has 23 heavy (non-hydrogen) atoms. The predicted molar refractivity (Wildman–Crippen MR) is 88.7 cm³/mol. The molecule has 1 fully saturated rings. The minimum Gasteiger partial charge on any atom is -0.491 e. The number of likely N-dealkylation sites (tertiary alicyclic amines) is 1. The second-order valence-corrected chi connectivity index (χ2v) is 6.16. The Morgan fingerprint density at radius 2 is 2.09 bits per heavy atom. The molecule has 1 N–H and O–H groups in total. The van der Waals surface area contributed by atoms with Gasteiger partial charge >= 0.3 is 0 Å². The van der Waals surface area contributed by atoms with Gasteiger partial charge in [-0.1, -0.05) is 13.0 Å². The molecule has 0 radical (unpaired) electrons. The van der Waals surface area contributed by atoms with Gasteiger partial charge < -0.3 is 19.5 Å². The number of nitrogens with zero attached hydrogens (tertiary/aromatic N) is 1. The van der Waals surface area contributed by atoms with E-state index < -0.39 is 0 Å². The van der Waals surface area contributed by atoms with Crippen LogP contribution < -0.4 is 4.74 Å². The largest absolute Gasteiger partial charge is 0.491 e. The number of amides is 1. The van der Waals surface area contributed by atoms with Gasteiger partial charge in [-0.2, -0.15) is 0 Å². The van der Waals surface area contributed by atoms with Gasteiger partial charge in [-0.05, 0) is 42.9 Å². The highest BCUT2D eigenvalue weighted by atomic mass is 16.5. The molecule has 1 aromatic carbocycles. The maximum atomic E-state index is 12.6. The lowest BCUT2D eigenvalue weighted by Crippen LogP contribution is -2.40. The zero-order valence-corrected chi connectivity index (χ0v) is 14.0. The third-order valence-corrected chi connectivity index (χ3v) is 4.56. The maximum Gasteiger partial charge on any atom is 0.253 e. The van der Waals surface area contributed by atoms with Crippen molar-refractivity contribution in [1.29, 1.82) is 0 Å². The Bertz CT molecular complexity index is 498. The maximum absolute atomic E-state index is 12.6. The number of hydrogen-bond acceptors (Lipinski definition) is 4. The summed E-state index contributed by atoms with van der Waals surface area (Å²) >= 11 is 0. The number of piperidine rings is 1. The zero-order valence-electron chi connectivity index (χ0n) is 14.0. The average molecular weight is 321 g/mol. The Morgan fingerprint density at radius 3 is 2.74 bits per heavy atom. The molecule has 5 nitrogen and oxygen atoms in total. The first-order valence-corrected chi connectivity index (χ1v) is 8.27. The fourth-order valence-electron chi connectivity index (χ4n) is 2.96. The van der Waals surface area contributed by atoms with E-state index in [1.165, 1.54) is 0 Å². The number of benzene rings is 1. The van der Waals surface area contributed by atoms with Crippen LogP contribution in [-0.4, -0.2) is 55.9 Å². The summed E-state index contributed by atoms with van der Waals surface area (Å²) in [7, 11) is 1.63. The quantitative estimate of drug-likeness (QED) is 0.782. The topological polar surface area (TPSA) is 59.0 Å². The predicted octanol–water partition coefficient (Wildman–Crippen LogP) is 2.19. The summed E-state index contributed by atoms with van der Waals surface area (Å²) in [6.07, 6.45) is 1.91. The Balaban J connectivity index is 1.92. The molecular weight excluding hydrogens is 294 g/mol. The number of ether oxygens (including phenoxy) is 2. The van der Waals surface area contributed by atoms with Crippen LogP contribution in [0.25, 0.3) is 0 Å².